The molecule has 0 spiro atoms. The van der Waals surface area contributed by atoms with Crippen LogP contribution in [0.25, 0.3) is 22.3 Å². The Balaban J connectivity index is 0.697. The highest BCUT2D eigenvalue weighted by molar-refractivity contribution is 6.01. The van der Waals surface area contributed by atoms with E-state index in [-0.39, 0.29) is 23.9 Å². The van der Waals surface area contributed by atoms with E-state index in [0.29, 0.717) is 18.7 Å². The van der Waals surface area contributed by atoms with Gasteiger partial charge in [-0.25, -0.2) is 14.6 Å². The van der Waals surface area contributed by atoms with E-state index >= 15 is 0 Å². The quantitative estimate of drug-likeness (QED) is 0.134. The highest BCUT2D eigenvalue weighted by Gasteiger charge is 2.29. The van der Waals surface area contributed by atoms with Crippen molar-refractivity contribution in [3.8, 4) is 22.8 Å². The molecule has 0 bridgehead atoms. The van der Waals surface area contributed by atoms with E-state index in [9.17, 15) is 9.59 Å². The number of piperazine rings is 1. The maximum absolute atomic E-state index is 12.1. The summed E-state index contributed by atoms with van der Waals surface area (Å²) < 4.78 is 8.11. The summed E-state index contributed by atoms with van der Waals surface area (Å²) in [5.74, 6) is 2.32. The first-order valence-corrected chi connectivity index (χ1v) is 21.4. The van der Waals surface area contributed by atoms with Crippen molar-refractivity contribution in [3.05, 3.63) is 85.2 Å². The van der Waals surface area contributed by atoms with Gasteiger partial charge in [0.15, 0.2) is 5.65 Å². The average molecular weight is 798 g/mol. The molecule has 3 aromatic carbocycles. The lowest BCUT2D eigenvalue weighted by Gasteiger charge is -2.37. The molecule has 2 unspecified atom stereocenters. The van der Waals surface area contributed by atoms with Crippen LogP contribution in [0, 0.1) is 5.92 Å². The standard InChI is InChI=1S/C45H55N11O3/c46-43-41-42(33-7-13-38(14-8-33)59-37-5-2-1-3-6-37)51-56(44(41)48-31-47-43)36-18-23-52(24-19-36)20-4-21-53-22-17-32(29-53)30-54-25-27-55(28-26-54)35-11-9-34(10-12-35)49-39-15-16-40(57)50-45(39)58/h1-3,5-14,31-32,36,39,49H,4,15-30H2,(H2,46,47,48)(H,50,57,58). The van der Waals surface area contributed by atoms with Gasteiger partial charge in [0.1, 0.15) is 35.4 Å². The van der Waals surface area contributed by atoms with Crippen LogP contribution in [0.5, 0.6) is 11.5 Å². The number of imide groups is 1. The summed E-state index contributed by atoms with van der Waals surface area (Å²) in [6.07, 6.45) is 6.97. The number of nitrogen functional groups attached to an aromatic ring is 1. The fourth-order valence-electron chi connectivity index (χ4n) is 9.28. The zero-order valence-electron chi connectivity index (χ0n) is 33.7. The van der Waals surface area contributed by atoms with Crippen molar-refractivity contribution in [1.82, 2.24) is 39.8 Å². The number of benzene rings is 3. The zero-order valence-corrected chi connectivity index (χ0v) is 33.7. The number of fused-ring (bicyclic) bond motifs is 1. The number of piperidine rings is 2. The number of likely N-dealkylation sites (tertiary alicyclic amines) is 2. The Morgan fingerprint density at radius 1 is 0.763 bits per heavy atom. The van der Waals surface area contributed by atoms with Crippen molar-refractivity contribution in [1.29, 1.82) is 0 Å². The van der Waals surface area contributed by atoms with Crippen LogP contribution >= 0.6 is 0 Å². The number of hydrogen-bond acceptors (Lipinski definition) is 12. The molecule has 2 amide bonds. The molecule has 4 aliphatic heterocycles. The van der Waals surface area contributed by atoms with Gasteiger partial charge < -0.3 is 30.5 Å². The third kappa shape index (κ3) is 9.19. The van der Waals surface area contributed by atoms with Crippen LogP contribution in [0.3, 0.4) is 0 Å². The maximum Gasteiger partial charge on any atom is 0.249 e. The van der Waals surface area contributed by atoms with Gasteiger partial charge >= 0.3 is 0 Å². The number of ether oxygens (including phenoxy) is 1. The van der Waals surface area contributed by atoms with Crippen molar-refractivity contribution >= 4 is 40.0 Å². The van der Waals surface area contributed by atoms with Crippen molar-refractivity contribution in [3.63, 3.8) is 0 Å². The topological polar surface area (TPSA) is 150 Å². The number of anilines is 3. The molecule has 2 atom stereocenters. The molecule has 4 aliphatic rings. The first kappa shape index (κ1) is 38.9. The molecule has 4 fully saturated rings. The van der Waals surface area contributed by atoms with Crippen LogP contribution in [0.15, 0.2) is 85.2 Å². The van der Waals surface area contributed by atoms with Gasteiger partial charge in [-0.2, -0.15) is 5.10 Å². The smallest absolute Gasteiger partial charge is 0.249 e. The molecule has 0 saturated carbocycles. The molecule has 14 nitrogen and oxygen atoms in total. The van der Waals surface area contributed by atoms with Gasteiger partial charge in [-0.3, -0.25) is 19.8 Å². The fourth-order valence-corrected chi connectivity index (χ4v) is 9.28. The predicted octanol–water partition coefficient (Wildman–Crippen LogP) is 5.26. The molecule has 0 aliphatic carbocycles. The Labute approximate surface area is 345 Å². The molecule has 14 heteroatoms. The fraction of sp³-hybridized carbons (Fsp3) is 0.444. The van der Waals surface area contributed by atoms with E-state index < -0.39 is 0 Å². The highest BCUT2D eigenvalue weighted by atomic mass is 16.5. The number of para-hydroxylation sites is 1. The predicted molar refractivity (Wildman–Crippen MR) is 230 cm³/mol. The third-order valence-electron chi connectivity index (χ3n) is 12.5. The largest absolute Gasteiger partial charge is 0.457 e. The van der Waals surface area contributed by atoms with E-state index in [0.717, 1.165) is 111 Å². The van der Waals surface area contributed by atoms with Crippen LogP contribution in [0.1, 0.15) is 44.6 Å². The summed E-state index contributed by atoms with van der Waals surface area (Å²) in [5.41, 5.74) is 11.1. The lowest BCUT2D eigenvalue weighted by molar-refractivity contribution is -0.133. The molecule has 5 aromatic rings. The van der Waals surface area contributed by atoms with E-state index in [1.165, 1.54) is 38.2 Å². The van der Waals surface area contributed by atoms with Gasteiger partial charge in [-0.05, 0) is 118 Å². The van der Waals surface area contributed by atoms with Gasteiger partial charge in [0.2, 0.25) is 11.8 Å². The number of carbonyl (C=O) groups is 2. The van der Waals surface area contributed by atoms with Crippen LogP contribution in [-0.4, -0.2) is 124 Å². The number of hydrogen-bond donors (Lipinski definition) is 3. The molecular weight excluding hydrogens is 743 g/mol. The molecule has 59 heavy (non-hydrogen) atoms. The first-order valence-electron chi connectivity index (χ1n) is 21.4. The number of rotatable bonds is 13. The van der Waals surface area contributed by atoms with Gasteiger partial charge in [0, 0.05) is 75.7 Å². The minimum absolute atomic E-state index is 0.193. The van der Waals surface area contributed by atoms with E-state index in [4.69, 9.17) is 15.6 Å². The van der Waals surface area contributed by atoms with Gasteiger partial charge in [-0.15, -0.1) is 0 Å². The molecule has 4 saturated heterocycles. The number of aromatic nitrogens is 4. The maximum atomic E-state index is 12.1. The summed E-state index contributed by atoms with van der Waals surface area (Å²) in [6.45, 7) is 12.2. The van der Waals surface area contributed by atoms with E-state index in [1.807, 2.05) is 66.7 Å². The molecule has 6 heterocycles. The lowest BCUT2D eigenvalue weighted by atomic mass is 10.0. The summed E-state index contributed by atoms with van der Waals surface area (Å²) in [7, 11) is 0. The Morgan fingerprint density at radius 3 is 2.25 bits per heavy atom. The lowest BCUT2D eigenvalue weighted by Crippen LogP contribution is -2.48. The first-order chi connectivity index (χ1) is 28.9. The average Bonchev–Trinajstić information content (AvgIpc) is 3.89. The highest BCUT2D eigenvalue weighted by Crippen LogP contribution is 2.35. The minimum Gasteiger partial charge on any atom is -0.457 e. The second-order valence-electron chi connectivity index (χ2n) is 16.6. The Bertz CT molecular complexity index is 2200. The monoisotopic (exact) mass is 797 g/mol. The van der Waals surface area contributed by atoms with Crippen LogP contribution in [0.2, 0.25) is 0 Å². The second-order valence-corrected chi connectivity index (χ2v) is 16.6. The van der Waals surface area contributed by atoms with Crippen molar-refractivity contribution in [2.45, 2.75) is 50.6 Å². The van der Waals surface area contributed by atoms with Crippen molar-refractivity contribution < 1.29 is 14.3 Å². The normalized spacial score (nSPS) is 21.3. The molecule has 0 radical (unpaired) electrons. The molecule has 9 rings (SSSR count). The zero-order chi connectivity index (χ0) is 40.1. The number of carbonyl (C=O) groups excluding carboxylic acids is 2. The Kier molecular flexibility index (Phi) is 11.7. The number of nitrogens with zero attached hydrogens (tertiary/aromatic N) is 8. The summed E-state index contributed by atoms with van der Waals surface area (Å²) >= 11 is 0. The molecular formula is C45H55N11O3. The van der Waals surface area contributed by atoms with Crippen LogP contribution in [0.4, 0.5) is 17.2 Å². The van der Waals surface area contributed by atoms with Gasteiger partial charge in [0.05, 0.1) is 11.4 Å². The summed E-state index contributed by atoms with van der Waals surface area (Å²) in [5, 5.41) is 11.6. The van der Waals surface area contributed by atoms with Gasteiger partial charge in [-0.1, -0.05) is 18.2 Å². The van der Waals surface area contributed by atoms with Crippen LogP contribution < -0.4 is 26.0 Å². The second kappa shape index (κ2) is 17.7. The van der Waals surface area contributed by atoms with E-state index in [1.54, 1.807) is 6.33 Å². The molecule has 4 N–H and O–H groups in total. The molecule has 308 valence electrons. The third-order valence-corrected chi connectivity index (χ3v) is 12.5. The van der Waals surface area contributed by atoms with Crippen molar-refractivity contribution in [2.75, 3.05) is 87.9 Å². The number of nitrogens with one attached hydrogen (secondary N) is 2. The number of amides is 2. The number of nitrogens with two attached hydrogens (primary N) is 1. The summed E-state index contributed by atoms with van der Waals surface area (Å²) in [4.78, 5) is 43.0. The summed E-state index contributed by atoms with van der Waals surface area (Å²) in [6, 6.07) is 26.0. The molecule has 2 aromatic heterocycles. The minimum atomic E-state index is -0.363. The van der Waals surface area contributed by atoms with E-state index in [2.05, 4.69) is 57.0 Å². The van der Waals surface area contributed by atoms with Crippen LogP contribution in [-0.2, 0) is 9.59 Å². The Morgan fingerprint density at radius 2 is 1.49 bits per heavy atom. The SMILES string of the molecule is Nc1ncnc2c1c(-c1ccc(Oc3ccccc3)cc1)nn2C1CCN(CCCN2CCC(CN3CCN(c4ccc(NC5CCC(=O)NC5=O)cc4)CC3)C2)CC1. The van der Waals surface area contributed by atoms with Gasteiger partial charge in [0.25, 0.3) is 0 Å². The van der Waals surface area contributed by atoms with Crippen molar-refractivity contribution in [2.24, 2.45) is 5.92 Å². The Hall–Kier alpha value is -5.57.